The molecule has 2 atom stereocenters. The van der Waals surface area contributed by atoms with Crippen molar-refractivity contribution in [3.8, 4) is 0 Å². The van der Waals surface area contributed by atoms with E-state index in [-0.39, 0.29) is 11.8 Å². The van der Waals surface area contributed by atoms with Gasteiger partial charge in [-0.1, -0.05) is 0 Å². The number of hydrogen-bond acceptors (Lipinski definition) is 3. The van der Waals surface area contributed by atoms with Gasteiger partial charge in [0.2, 0.25) is 11.8 Å². The largest absolute Gasteiger partial charge is 0.369 e. The zero-order valence-corrected chi connectivity index (χ0v) is 12.3. The summed E-state index contributed by atoms with van der Waals surface area (Å²) in [6.45, 7) is 5.85. The van der Waals surface area contributed by atoms with Crippen molar-refractivity contribution in [2.45, 2.75) is 33.1 Å². The van der Waals surface area contributed by atoms with Crippen LogP contribution in [0, 0.1) is 18.3 Å². The van der Waals surface area contributed by atoms with E-state index in [2.05, 4.69) is 24.4 Å². The molecule has 1 aromatic rings. The van der Waals surface area contributed by atoms with Crippen LogP contribution in [0.3, 0.4) is 0 Å². The first kappa shape index (κ1) is 14.1. The number of nitrogens with one attached hydrogen (secondary N) is 1. The van der Waals surface area contributed by atoms with E-state index in [1.54, 1.807) is 25.2 Å². The molecule has 1 aliphatic rings. The van der Waals surface area contributed by atoms with Gasteiger partial charge in [-0.15, -0.1) is 11.3 Å². The topological polar surface area (TPSA) is 72.2 Å². The molecule has 0 spiro atoms. The third-order valence-electron chi connectivity index (χ3n) is 3.63. The van der Waals surface area contributed by atoms with E-state index in [0.717, 1.165) is 6.42 Å². The highest BCUT2D eigenvalue weighted by Gasteiger charge is 2.45. The molecule has 2 amide bonds. The molecule has 4 nitrogen and oxygen atoms in total. The van der Waals surface area contributed by atoms with Crippen LogP contribution in [-0.4, -0.2) is 18.4 Å². The predicted molar refractivity (Wildman–Crippen MR) is 75.9 cm³/mol. The Kier molecular flexibility index (Phi) is 3.67. The van der Waals surface area contributed by atoms with Gasteiger partial charge in [0.25, 0.3) is 0 Å². The van der Waals surface area contributed by atoms with Crippen molar-refractivity contribution >= 4 is 23.2 Å². The molecule has 19 heavy (non-hydrogen) atoms. The van der Waals surface area contributed by atoms with Gasteiger partial charge in [-0.3, -0.25) is 9.59 Å². The van der Waals surface area contributed by atoms with Crippen LogP contribution in [0.5, 0.6) is 0 Å². The van der Waals surface area contributed by atoms with E-state index < -0.39 is 11.3 Å². The number of primary amides is 1. The van der Waals surface area contributed by atoms with Gasteiger partial charge in [0, 0.05) is 28.1 Å². The van der Waals surface area contributed by atoms with Gasteiger partial charge in [0.1, 0.15) is 0 Å². The van der Waals surface area contributed by atoms with Crippen molar-refractivity contribution in [3.05, 3.63) is 21.9 Å². The maximum absolute atomic E-state index is 12.0. The Labute approximate surface area is 117 Å². The minimum atomic E-state index is -0.695. The molecule has 0 aliphatic heterocycles. The average Bonchev–Trinajstić information content (AvgIpc) is 3.02. The molecule has 1 fully saturated rings. The maximum atomic E-state index is 12.0. The summed E-state index contributed by atoms with van der Waals surface area (Å²) in [5, 5.41) is 2.84. The van der Waals surface area contributed by atoms with Crippen LogP contribution in [0.2, 0.25) is 0 Å². The van der Waals surface area contributed by atoms with Gasteiger partial charge >= 0.3 is 0 Å². The summed E-state index contributed by atoms with van der Waals surface area (Å²) in [7, 11) is 0. The van der Waals surface area contributed by atoms with Crippen molar-refractivity contribution in [2.24, 2.45) is 17.1 Å². The summed E-state index contributed by atoms with van der Waals surface area (Å²) in [5.41, 5.74) is 4.59. The van der Waals surface area contributed by atoms with Crippen LogP contribution in [-0.2, 0) is 9.59 Å². The summed E-state index contributed by atoms with van der Waals surface area (Å²) in [6, 6.07) is 4.19. The Bertz CT molecular complexity index is 507. The number of nitrogens with two attached hydrogens (primary N) is 1. The molecular weight excluding hydrogens is 260 g/mol. The normalized spacial score (nSPS) is 22.1. The van der Waals surface area contributed by atoms with Crippen LogP contribution < -0.4 is 11.1 Å². The first-order valence-corrected chi connectivity index (χ1v) is 7.27. The second-order valence-electron chi connectivity index (χ2n) is 5.86. The average molecular weight is 280 g/mol. The molecule has 3 N–H and O–H groups in total. The van der Waals surface area contributed by atoms with Crippen molar-refractivity contribution in [1.82, 2.24) is 5.32 Å². The zero-order chi connectivity index (χ0) is 14.2. The number of hydrogen-bond donors (Lipinski definition) is 2. The van der Waals surface area contributed by atoms with E-state index in [1.165, 1.54) is 9.75 Å². The second-order valence-corrected chi connectivity index (χ2v) is 7.18. The lowest BCUT2D eigenvalue weighted by Crippen LogP contribution is -2.42. The number of aryl methyl sites for hydroxylation is 1. The minimum Gasteiger partial charge on any atom is -0.369 e. The Hall–Kier alpha value is -1.36. The number of rotatable bonds is 5. The van der Waals surface area contributed by atoms with E-state index in [1.807, 2.05) is 0 Å². The molecule has 0 unspecified atom stereocenters. The van der Waals surface area contributed by atoms with Gasteiger partial charge in [0.05, 0.1) is 5.41 Å². The first-order valence-electron chi connectivity index (χ1n) is 6.45. The summed E-state index contributed by atoms with van der Waals surface area (Å²) < 4.78 is 0. The standard InChI is InChI=1S/C14H20N2O2S/c1-8-4-5-11(19-8)9-6-10(9)12(17)16-7-14(2,3)13(15)18/h4-5,9-10H,6-7H2,1-3H3,(H2,15,18)(H,16,17)/t9-,10+/m1/s1. The third kappa shape index (κ3) is 3.15. The molecule has 5 heteroatoms. The van der Waals surface area contributed by atoms with Crippen molar-refractivity contribution in [3.63, 3.8) is 0 Å². The Balaban J connectivity index is 1.85. The predicted octanol–water partition coefficient (Wildman–Crippen LogP) is 1.79. The molecule has 1 saturated carbocycles. The lowest BCUT2D eigenvalue weighted by Gasteiger charge is -2.20. The molecule has 0 saturated heterocycles. The summed E-state index contributed by atoms with van der Waals surface area (Å²) in [4.78, 5) is 25.7. The fraction of sp³-hybridized carbons (Fsp3) is 0.571. The van der Waals surface area contributed by atoms with E-state index in [4.69, 9.17) is 5.73 Å². The van der Waals surface area contributed by atoms with Crippen molar-refractivity contribution in [1.29, 1.82) is 0 Å². The van der Waals surface area contributed by atoms with Crippen molar-refractivity contribution in [2.75, 3.05) is 6.54 Å². The SMILES string of the molecule is Cc1ccc([C@@H]2C[C@@H]2C(=O)NCC(C)(C)C(N)=O)s1. The third-order valence-corrected chi connectivity index (χ3v) is 4.76. The summed E-state index contributed by atoms with van der Waals surface area (Å²) in [5.74, 6) is 0.0523. The highest BCUT2D eigenvalue weighted by molar-refractivity contribution is 7.12. The monoisotopic (exact) mass is 280 g/mol. The van der Waals surface area contributed by atoms with Gasteiger partial charge in [-0.05, 0) is 39.3 Å². The molecular formula is C14H20N2O2S. The van der Waals surface area contributed by atoms with Gasteiger partial charge in [0.15, 0.2) is 0 Å². The summed E-state index contributed by atoms with van der Waals surface area (Å²) in [6.07, 6.45) is 0.906. The highest BCUT2D eigenvalue weighted by atomic mass is 32.1. The fourth-order valence-electron chi connectivity index (χ4n) is 1.98. The van der Waals surface area contributed by atoms with Crippen molar-refractivity contribution < 1.29 is 9.59 Å². The summed E-state index contributed by atoms with van der Waals surface area (Å²) >= 11 is 1.75. The van der Waals surface area contributed by atoms with E-state index in [9.17, 15) is 9.59 Å². The molecule has 1 aromatic heterocycles. The van der Waals surface area contributed by atoms with Crippen LogP contribution >= 0.6 is 11.3 Å². The number of thiophene rings is 1. The van der Waals surface area contributed by atoms with Crippen LogP contribution in [0.15, 0.2) is 12.1 Å². The fourth-order valence-corrected chi connectivity index (χ4v) is 3.03. The maximum Gasteiger partial charge on any atom is 0.224 e. The molecule has 1 aliphatic carbocycles. The Morgan fingerprint density at radius 3 is 2.68 bits per heavy atom. The number of amides is 2. The second kappa shape index (κ2) is 4.96. The lowest BCUT2D eigenvalue weighted by atomic mass is 9.93. The van der Waals surface area contributed by atoms with Gasteiger partial charge in [-0.25, -0.2) is 0 Å². The molecule has 0 bridgehead atoms. The Morgan fingerprint density at radius 2 is 2.16 bits per heavy atom. The number of carbonyl (C=O) groups excluding carboxylic acids is 2. The van der Waals surface area contributed by atoms with E-state index >= 15 is 0 Å². The first-order chi connectivity index (χ1) is 8.81. The van der Waals surface area contributed by atoms with Crippen LogP contribution in [0.25, 0.3) is 0 Å². The van der Waals surface area contributed by atoms with Crippen LogP contribution in [0.4, 0.5) is 0 Å². The minimum absolute atomic E-state index is 0.0328. The van der Waals surface area contributed by atoms with Gasteiger partial charge < -0.3 is 11.1 Å². The molecule has 0 radical (unpaired) electrons. The Morgan fingerprint density at radius 1 is 1.47 bits per heavy atom. The molecule has 1 heterocycles. The highest BCUT2D eigenvalue weighted by Crippen LogP contribution is 2.49. The molecule has 104 valence electrons. The quantitative estimate of drug-likeness (QED) is 0.863. The number of carbonyl (C=O) groups is 2. The lowest BCUT2D eigenvalue weighted by molar-refractivity contribution is -0.127. The van der Waals surface area contributed by atoms with Gasteiger partial charge in [-0.2, -0.15) is 0 Å². The zero-order valence-electron chi connectivity index (χ0n) is 11.5. The molecule has 2 rings (SSSR count). The van der Waals surface area contributed by atoms with Crippen LogP contribution in [0.1, 0.15) is 35.9 Å². The molecule has 0 aromatic carbocycles. The smallest absolute Gasteiger partial charge is 0.224 e. The van der Waals surface area contributed by atoms with E-state index in [0.29, 0.717) is 12.5 Å².